The number of rotatable bonds is 7. The molecule has 0 radical (unpaired) electrons. The molecule has 5 heteroatoms. The standard InChI is InChI=1S/C11H20N4O/c1-3-4-5-6-16-8-11-13-9(2)7-10(14-11)15-12/h7H,3-6,8,12H2,1-2H3,(H,13,14,15). The Labute approximate surface area is 96.4 Å². The molecule has 16 heavy (non-hydrogen) atoms. The van der Waals surface area contributed by atoms with Crippen LogP contribution in [0.4, 0.5) is 5.82 Å². The molecule has 0 spiro atoms. The first-order valence-corrected chi connectivity index (χ1v) is 5.65. The number of nitrogen functional groups attached to an aromatic ring is 1. The van der Waals surface area contributed by atoms with E-state index in [0.717, 1.165) is 18.7 Å². The molecule has 0 fully saturated rings. The van der Waals surface area contributed by atoms with Crippen LogP contribution in [0.3, 0.4) is 0 Å². The van der Waals surface area contributed by atoms with Crippen molar-refractivity contribution in [2.24, 2.45) is 5.84 Å². The van der Waals surface area contributed by atoms with Gasteiger partial charge in [-0.1, -0.05) is 19.8 Å². The number of aryl methyl sites for hydroxylation is 1. The largest absolute Gasteiger partial charge is 0.373 e. The molecule has 1 aromatic heterocycles. The second-order valence-corrected chi connectivity index (χ2v) is 3.71. The van der Waals surface area contributed by atoms with E-state index in [1.165, 1.54) is 12.8 Å². The summed E-state index contributed by atoms with van der Waals surface area (Å²) < 4.78 is 5.48. The Morgan fingerprint density at radius 1 is 1.38 bits per heavy atom. The molecule has 0 aromatic carbocycles. The highest BCUT2D eigenvalue weighted by Gasteiger charge is 2.01. The van der Waals surface area contributed by atoms with Crippen molar-refractivity contribution in [1.82, 2.24) is 9.97 Å². The Hall–Kier alpha value is -1.20. The van der Waals surface area contributed by atoms with Crippen molar-refractivity contribution in [2.45, 2.75) is 39.7 Å². The molecular formula is C11H20N4O. The van der Waals surface area contributed by atoms with E-state index in [4.69, 9.17) is 10.6 Å². The zero-order chi connectivity index (χ0) is 11.8. The highest BCUT2D eigenvalue weighted by Crippen LogP contribution is 2.05. The highest BCUT2D eigenvalue weighted by atomic mass is 16.5. The van der Waals surface area contributed by atoms with Crippen molar-refractivity contribution in [3.63, 3.8) is 0 Å². The predicted octanol–water partition coefficient (Wildman–Crippen LogP) is 1.78. The minimum atomic E-state index is 0.445. The van der Waals surface area contributed by atoms with Gasteiger partial charge >= 0.3 is 0 Å². The minimum absolute atomic E-state index is 0.445. The summed E-state index contributed by atoms with van der Waals surface area (Å²) in [6.45, 7) is 5.28. The van der Waals surface area contributed by atoms with Crippen LogP contribution in [0, 0.1) is 6.92 Å². The third kappa shape index (κ3) is 4.55. The molecule has 90 valence electrons. The van der Waals surface area contributed by atoms with Gasteiger partial charge in [-0.2, -0.15) is 0 Å². The smallest absolute Gasteiger partial charge is 0.156 e. The maximum atomic E-state index is 5.48. The molecule has 0 amide bonds. The van der Waals surface area contributed by atoms with Crippen LogP contribution in [0.5, 0.6) is 0 Å². The monoisotopic (exact) mass is 224 g/mol. The van der Waals surface area contributed by atoms with Crippen molar-refractivity contribution in [3.8, 4) is 0 Å². The highest BCUT2D eigenvalue weighted by molar-refractivity contribution is 5.33. The van der Waals surface area contributed by atoms with Gasteiger partial charge in [0.2, 0.25) is 0 Å². The fraction of sp³-hybridized carbons (Fsp3) is 0.636. The van der Waals surface area contributed by atoms with Gasteiger partial charge in [0.25, 0.3) is 0 Å². The van der Waals surface area contributed by atoms with Crippen LogP contribution in [0.2, 0.25) is 0 Å². The lowest BCUT2D eigenvalue weighted by Gasteiger charge is -2.06. The van der Waals surface area contributed by atoms with E-state index in [9.17, 15) is 0 Å². The number of nitrogens with two attached hydrogens (primary N) is 1. The van der Waals surface area contributed by atoms with Crippen LogP contribution in [0.25, 0.3) is 0 Å². The van der Waals surface area contributed by atoms with Crippen LogP contribution < -0.4 is 11.3 Å². The van der Waals surface area contributed by atoms with E-state index in [0.29, 0.717) is 18.2 Å². The molecular weight excluding hydrogens is 204 g/mol. The second kappa shape index (κ2) is 7.14. The maximum absolute atomic E-state index is 5.48. The first kappa shape index (κ1) is 12.9. The number of hydrogen-bond acceptors (Lipinski definition) is 5. The van der Waals surface area contributed by atoms with E-state index in [-0.39, 0.29) is 0 Å². The van der Waals surface area contributed by atoms with Crippen molar-refractivity contribution in [1.29, 1.82) is 0 Å². The number of nitrogens with one attached hydrogen (secondary N) is 1. The van der Waals surface area contributed by atoms with Crippen molar-refractivity contribution >= 4 is 5.82 Å². The average molecular weight is 224 g/mol. The van der Waals surface area contributed by atoms with Gasteiger partial charge in [-0.05, 0) is 13.3 Å². The van der Waals surface area contributed by atoms with Crippen LogP contribution >= 0.6 is 0 Å². The van der Waals surface area contributed by atoms with E-state index in [1.54, 1.807) is 6.07 Å². The van der Waals surface area contributed by atoms with E-state index < -0.39 is 0 Å². The zero-order valence-corrected chi connectivity index (χ0v) is 9.99. The molecule has 1 aromatic rings. The molecule has 0 atom stereocenters. The lowest BCUT2D eigenvalue weighted by atomic mass is 10.3. The first-order chi connectivity index (χ1) is 7.76. The van der Waals surface area contributed by atoms with Crippen molar-refractivity contribution in [2.75, 3.05) is 12.0 Å². The van der Waals surface area contributed by atoms with Gasteiger partial charge in [0, 0.05) is 18.4 Å². The Bertz CT molecular complexity index is 317. The molecule has 1 rings (SSSR count). The molecule has 0 aliphatic heterocycles. The molecule has 5 nitrogen and oxygen atoms in total. The van der Waals surface area contributed by atoms with Gasteiger partial charge < -0.3 is 10.2 Å². The number of ether oxygens (including phenoxy) is 1. The van der Waals surface area contributed by atoms with Gasteiger partial charge in [0.05, 0.1) is 0 Å². The lowest BCUT2D eigenvalue weighted by molar-refractivity contribution is 0.112. The Morgan fingerprint density at radius 2 is 2.19 bits per heavy atom. The zero-order valence-electron chi connectivity index (χ0n) is 9.99. The van der Waals surface area contributed by atoms with Gasteiger partial charge in [0.1, 0.15) is 12.4 Å². The molecule has 0 saturated carbocycles. The van der Waals surface area contributed by atoms with Crippen molar-refractivity contribution in [3.05, 3.63) is 17.6 Å². The third-order valence-corrected chi connectivity index (χ3v) is 2.17. The second-order valence-electron chi connectivity index (χ2n) is 3.71. The molecule has 3 N–H and O–H groups in total. The third-order valence-electron chi connectivity index (χ3n) is 2.17. The summed E-state index contributed by atoms with van der Waals surface area (Å²) in [5, 5.41) is 0. The van der Waals surface area contributed by atoms with E-state index in [1.807, 2.05) is 6.92 Å². The van der Waals surface area contributed by atoms with Crippen LogP contribution in [0.15, 0.2) is 6.07 Å². The fourth-order valence-corrected chi connectivity index (χ4v) is 1.39. The van der Waals surface area contributed by atoms with Gasteiger partial charge in [-0.15, -0.1) is 0 Å². The maximum Gasteiger partial charge on any atom is 0.156 e. The topological polar surface area (TPSA) is 73.1 Å². The fourth-order valence-electron chi connectivity index (χ4n) is 1.39. The summed E-state index contributed by atoms with van der Waals surface area (Å²) in [6, 6.07) is 1.79. The van der Waals surface area contributed by atoms with Crippen LogP contribution in [0.1, 0.15) is 37.7 Å². The number of unbranched alkanes of at least 4 members (excludes halogenated alkanes) is 2. The van der Waals surface area contributed by atoms with E-state index >= 15 is 0 Å². The Morgan fingerprint density at radius 3 is 2.88 bits per heavy atom. The van der Waals surface area contributed by atoms with Gasteiger partial charge in [0.15, 0.2) is 5.82 Å². The lowest BCUT2D eigenvalue weighted by Crippen LogP contribution is -2.11. The molecule has 0 saturated heterocycles. The summed E-state index contributed by atoms with van der Waals surface area (Å²) in [5.41, 5.74) is 3.40. The molecule has 1 heterocycles. The number of nitrogens with zero attached hydrogens (tertiary/aromatic N) is 2. The summed E-state index contributed by atoms with van der Waals surface area (Å²) in [7, 11) is 0. The van der Waals surface area contributed by atoms with Crippen LogP contribution in [-0.4, -0.2) is 16.6 Å². The SMILES string of the molecule is CCCCCOCc1nc(C)cc(NN)n1. The number of hydrazine groups is 1. The molecule has 0 bridgehead atoms. The van der Waals surface area contributed by atoms with E-state index in [2.05, 4.69) is 22.3 Å². The molecule has 0 aliphatic rings. The number of aromatic nitrogens is 2. The summed E-state index contributed by atoms with van der Waals surface area (Å²) >= 11 is 0. The number of anilines is 1. The Kier molecular flexibility index (Phi) is 5.74. The average Bonchev–Trinajstić information content (AvgIpc) is 2.28. The normalized spacial score (nSPS) is 10.4. The number of hydrogen-bond donors (Lipinski definition) is 2. The molecule has 0 unspecified atom stereocenters. The summed E-state index contributed by atoms with van der Waals surface area (Å²) in [4.78, 5) is 8.47. The quantitative estimate of drug-likeness (QED) is 0.419. The van der Waals surface area contributed by atoms with Gasteiger partial charge in [-0.25, -0.2) is 15.8 Å². The molecule has 0 aliphatic carbocycles. The summed E-state index contributed by atoms with van der Waals surface area (Å²) in [5.74, 6) is 6.60. The Balaban J connectivity index is 2.38. The van der Waals surface area contributed by atoms with Gasteiger partial charge in [-0.3, -0.25) is 0 Å². The first-order valence-electron chi connectivity index (χ1n) is 5.65. The van der Waals surface area contributed by atoms with Crippen molar-refractivity contribution < 1.29 is 4.74 Å². The summed E-state index contributed by atoms with van der Waals surface area (Å²) in [6.07, 6.45) is 3.49. The predicted molar refractivity (Wildman–Crippen MR) is 63.8 cm³/mol. The minimum Gasteiger partial charge on any atom is -0.373 e. The van der Waals surface area contributed by atoms with Crippen LogP contribution in [-0.2, 0) is 11.3 Å².